The lowest BCUT2D eigenvalue weighted by molar-refractivity contribution is -0.115. The summed E-state index contributed by atoms with van der Waals surface area (Å²) in [5, 5.41) is 1.12. The van der Waals surface area contributed by atoms with Gasteiger partial charge in [0, 0.05) is 5.02 Å². The number of amides is 1. The molecule has 1 aromatic rings. The summed E-state index contributed by atoms with van der Waals surface area (Å²) in [4.78, 5) is 11.9. The second kappa shape index (κ2) is 5.79. The molecule has 1 rings (SSSR count). The number of benzene rings is 1. The van der Waals surface area contributed by atoms with Crippen LogP contribution in [0.1, 0.15) is 20.8 Å². The van der Waals surface area contributed by atoms with E-state index in [0.29, 0.717) is 16.4 Å². The standard InChI is InChI=1S/C12H17ClN2O3S/c1-7(2)19(17,18)8(3)12(16)15-11-6-9(13)4-5-10(11)14/h4-8H,14H2,1-3H3,(H,15,16). The van der Waals surface area contributed by atoms with E-state index in [0.717, 1.165) is 0 Å². The first-order valence-electron chi connectivity index (χ1n) is 5.75. The summed E-state index contributed by atoms with van der Waals surface area (Å²) >= 11 is 5.80. The first kappa shape index (κ1) is 15.8. The molecule has 0 fully saturated rings. The Balaban J connectivity index is 2.95. The number of hydrogen-bond acceptors (Lipinski definition) is 4. The van der Waals surface area contributed by atoms with Crippen LogP contribution in [-0.4, -0.2) is 24.8 Å². The van der Waals surface area contributed by atoms with Crippen molar-refractivity contribution in [1.29, 1.82) is 0 Å². The maximum Gasteiger partial charge on any atom is 0.242 e. The van der Waals surface area contributed by atoms with Crippen molar-refractivity contribution in [3.05, 3.63) is 23.2 Å². The van der Waals surface area contributed by atoms with Gasteiger partial charge in [0.1, 0.15) is 5.25 Å². The van der Waals surface area contributed by atoms with Gasteiger partial charge in [0.15, 0.2) is 9.84 Å². The lowest BCUT2D eigenvalue weighted by Crippen LogP contribution is -2.36. The van der Waals surface area contributed by atoms with Crippen molar-refractivity contribution in [1.82, 2.24) is 0 Å². The highest BCUT2D eigenvalue weighted by molar-refractivity contribution is 7.93. The largest absolute Gasteiger partial charge is 0.397 e. The van der Waals surface area contributed by atoms with Gasteiger partial charge in [0.05, 0.1) is 16.6 Å². The van der Waals surface area contributed by atoms with Gasteiger partial charge in [-0.05, 0) is 39.0 Å². The molecule has 0 aromatic heterocycles. The van der Waals surface area contributed by atoms with Gasteiger partial charge < -0.3 is 11.1 Å². The Bertz CT molecular complexity index is 585. The van der Waals surface area contributed by atoms with E-state index < -0.39 is 26.2 Å². The molecule has 0 aliphatic carbocycles. The maximum absolute atomic E-state index is 11.9. The van der Waals surface area contributed by atoms with Gasteiger partial charge in [0.2, 0.25) is 5.91 Å². The predicted octanol–water partition coefficient (Wildman–Crippen LogP) is 2.07. The minimum Gasteiger partial charge on any atom is -0.397 e. The zero-order chi connectivity index (χ0) is 14.8. The van der Waals surface area contributed by atoms with Gasteiger partial charge in [-0.1, -0.05) is 11.6 Å². The molecule has 7 heteroatoms. The second-order valence-electron chi connectivity index (χ2n) is 4.50. The highest BCUT2D eigenvalue weighted by Gasteiger charge is 2.30. The molecule has 0 radical (unpaired) electrons. The average Bonchev–Trinajstić information content (AvgIpc) is 2.32. The molecule has 1 amide bonds. The number of carbonyl (C=O) groups excluding carboxylic acids is 1. The van der Waals surface area contributed by atoms with Gasteiger partial charge in [0.25, 0.3) is 0 Å². The lowest BCUT2D eigenvalue weighted by Gasteiger charge is -2.16. The van der Waals surface area contributed by atoms with E-state index in [4.69, 9.17) is 17.3 Å². The molecule has 1 aromatic carbocycles. The Labute approximate surface area is 118 Å². The summed E-state index contributed by atoms with van der Waals surface area (Å²) < 4.78 is 23.8. The average molecular weight is 305 g/mol. The first-order valence-corrected chi connectivity index (χ1v) is 7.73. The van der Waals surface area contributed by atoms with Crippen LogP contribution in [0, 0.1) is 0 Å². The fraction of sp³-hybridized carbons (Fsp3) is 0.417. The molecule has 0 spiro atoms. The van der Waals surface area contributed by atoms with Crippen LogP contribution in [0.15, 0.2) is 18.2 Å². The Morgan fingerprint density at radius 2 is 1.89 bits per heavy atom. The molecule has 5 nitrogen and oxygen atoms in total. The third-order valence-corrected chi connectivity index (χ3v) is 5.54. The Morgan fingerprint density at radius 3 is 2.42 bits per heavy atom. The highest BCUT2D eigenvalue weighted by Crippen LogP contribution is 2.23. The van der Waals surface area contributed by atoms with Crippen molar-refractivity contribution >= 4 is 38.7 Å². The smallest absolute Gasteiger partial charge is 0.242 e. The highest BCUT2D eigenvalue weighted by atomic mass is 35.5. The SMILES string of the molecule is CC(C)S(=O)(=O)C(C)C(=O)Nc1cc(Cl)ccc1N. The van der Waals surface area contributed by atoms with Gasteiger partial charge in [-0.3, -0.25) is 4.79 Å². The van der Waals surface area contributed by atoms with E-state index in [1.807, 2.05) is 0 Å². The van der Waals surface area contributed by atoms with Gasteiger partial charge >= 0.3 is 0 Å². The number of carbonyl (C=O) groups is 1. The molecule has 0 heterocycles. The fourth-order valence-corrected chi connectivity index (χ4v) is 2.77. The Hall–Kier alpha value is -1.27. The minimum absolute atomic E-state index is 0.309. The third-order valence-electron chi connectivity index (χ3n) is 2.79. The summed E-state index contributed by atoms with van der Waals surface area (Å²) in [7, 11) is -3.51. The first-order chi connectivity index (χ1) is 8.66. The molecule has 0 bridgehead atoms. The normalized spacial score (nSPS) is 13.3. The Kier molecular flexibility index (Phi) is 4.81. The van der Waals surface area contributed by atoms with Crippen molar-refractivity contribution in [3.63, 3.8) is 0 Å². The zero-order valence-electron chi connectivity index (χ0n) is 11.0. The van der Waals surface area contributed by atoms with Crippen molar-refractivity contribution in [3.8, 4) is 0 Å². The number of halogens is 1. The lowest BCUT2D eigenvalue weighted by atomic mass is 10.2. The fourth-order valence-electron chi connectivity index (χ4n) is 1.43. The van der Waals surface area contributed by atoms with E-state index >= 15 is 0 Å². The number of nitrogen functional groups attached to an aromatic ring is 1. The molecule has 0 saturated heterocycles. The van der Waals surface area contributed by atoms with Crippen LogP contribution in [0.25, 0.3) is 0 Å². The predicted molar refractivity (Wildman–Crippen MR) is 78.0 cm³/mol. The van der Waals surface area contributed by atoms with E-state index in [2.05, 4.69) is 5.32 Å². The van der Waals surface area contributed by atoms with E-state index in [1.165, 1.54) is 26.8 Å². The molecular weight excluding hydrogens is 288 g/mol. The molecule has 0 saturated carbocycles. The molecule has 1 atom stereocenters. The topological polar surface area (TPSA) is 89.3 Å². The number of hydrogen-bond donors (Lipinski definition) is 2. The van der Waals surface area contributed by atoms with E-state index in [9.17, 15) is 13.2 Å². The number of nitrogens with one attached hydrogen (secondary N) is 1. The minimum atomic E-state index is -3.51. The molecule has 0 aliphatic heterocycles. The van der Waals surface area contributed by atoms with Crippen LogP contribution in [0.2, 0.25) is 5.02 Å². The summed E-state index contributed by atoms with van der Waals surface area (Å²) in [5.74, 6) is -0.623. The maximum atomic E-state index is 11.9. The molecule has 3 N–H and O–H groups in total. The van der Waals surface area contributed by atoms with Crippen LogP contribution in [0.5, 0.6) is 0 Å². The van der Waals surface area contributed by atoms with Crippen molar-refractivity contribution in [2.45, 2.75) is 31.3 Å². The van der Waals surface area contributed by atoms with Gasteiger partial charge in [-0.2, -0.15) is 0 Å². The number of anilines is 2. The van der Waals surface area contributed by atoms with Crippen molar-refractivity contribution < 1.29 is 13.2 Å². The number of sulfone groups is 1. The number of rotatable bonds is 4. The molecule has 19 heavy (non-hydrogen) atoms. The Morgan fingerprint density at radius 1 is 1.32 bits per heavy atom. The molecule has 106 valence electrons. The molecule has 0 aliphatic rings. The van der Waals surface area contributed by atoms with Crippen LogP contribution in [-0.2, 0) is 14.6 Å². The monoisotopic (exact) mass is 304 g/mol. The van der Waals surface area contributed by atoms with Crippen molar-refractivity contribution in [2.24, 2.45) is 0 Å². The summed E-state index contributed by atoms with van der Waals surface area (Å²) in [6.45, 7) is 4.42. The van der Waals surface area contributed by atoms with Crippen molar-refractivity contribution in [2.75, 3.05) is 11.1 Å². The summed E-state index contributed by atoms with van der Waals surface area (Å²) in [6.07, 6.45) is 0. The summed E-state index contributed by atoms with van der Waals surface area (Å²) in [5.41, 5.74) is 6.32. The quantitative estimate of drug-likeness (QED) is 0.833. The zero-order valence-corrected chi connectivity index (χ0v) is 12.5. The van der Waals surface area contributed by atoms with Crippen LogP contribution < -0.4 is 11.1 Å². The van der Waals surface area contributed by atoms with E-state index in [1.54, 1.807) is 12.1 Å². The van der Waals surface area contributed by atoms with Crippen LogP contribution in [0.4, 0.5) is 11.4 Å². The van der Waals surface area contributed by atoms with E-state index in [-0.39, 0.29) is 0 Å². The molecular formula is C12H17ClN2O3S. The van der Waals surface area contributed by atoms with Gasteiger partial charge in [-0.15, -0.1) is 0 Å². The summed E-state index contributed by atoms with van der Waals surface area (Å²) in [6, 6.07) is 4.60. The number of nitrogens with two attached hydrogens (primary N) is 1. The second-order valence-corrected chi connectivity index (χ2v) is 7.77. The van der Waals surface area contributed by atoms with Crippen LogP contribution in [0.3, 0.4) is 0 Å². The molecule has 1 unspecified atom stereocenters. The third kappa shape index (κ3) is 3.61. The van der Waals surface area contributed by atoms with Crippen LogP contribution >= 0.6 is 11.6 Å². The van der Waals surface area contributed by atoms with Gasteiger partial charge in [-0.25, -0.2) is 8.42 Å².